The van der Waals surface area contributed by atoms with Gasteiger partial charge in [-0.25, -0.2) is 4.79 Å². The van der Waals surface area contributed by atoms with Crippen molar-refractivity contribution in [3.05, 3.63) is 0 Å². The summed E-state index contributed by atoms with van der Waals surface area (Å²) in [5, 5.41) is 28.9. The molecule has 1 aliphatic rings. The van der Waals surface area contributed by atoms with Crippen LogP contribution in [-0.4, -0.2) is 79.9 Å². The summed E-state index contributed by atoms with van der Waals surface area (Å²) in [5.74, 6) is -6.78. The first-order chi connectivity index (χ1) is 13.9. The van der Waals surface area contributed by atoms with Crippen molar-refractivity contribution in [3.63, 3.8) is 0 Å². The van der Waals surface area contributed by atoms with Crippen LogP contribution in [0.5, 0.6) is 0 Å². The van der Waals surface area contributed by atoms with Gasteiger partial charge in [0, 0.05) is 19.0 Å². The molecule has 0 aliphatic carbocycles. The number of hydrogen-bond acceptors (Lipinski definition) is 7. The molecule has 0 saturated carbocycles. The predicted molar refractivity (Wildman–Crippen MR) is 108 cm³/mol. The van der Waals surface area contributed by atoms with E-state index in [1.54, 1.807) is 13.8 Å². The molecule has 2 amide bonds. The largest absolute Gasteiger partial charge is 0.481 e. The van der Waals surface area contributed by atoms with Crippen molar-refractivity contribution in [3.8, 4) is 0 Å². The van der Waals surface area contributed by atoms with Gasteiger partial charge >= 0.3 is 17.9 Å². The van der Waals surface area contributed by atoms with E-state index in [9.17, 15) is 34.2 Å². The Labute approximate surface area is 179 Å². The van der Waals surface area contributed by atoms with Gasteiger partial charge in [0.25, 0.3) is 0 Å². The number of nitrogens with two attached hydrogens (primary N) is 1. The third kappa shape index (κ3) is 6.33. The minimum Gasteiger partial charge on any atom is -0.481 e. The lowest BCUT2D eigenvalue weighted by Crippen LogP contribution is -2.57. The van der Waals surface area contributed by atoms with Gasteiger partial charge in [-0.05, 0) is 18.8 Å². The highest BCUT2D eigenvalue weighted by molar-refractivity contribution is 7.81. The zero-order valence-electron chi connectivity index (χ0n) is 16.9. The highest BCUT2D eigenvalue weighted by Gasteiger charge is 2.48. The second-order valence-corrected chi connectivity index (χ2v) is 8.02. The van der Waals surface area contributed by atoms with Gasteiger partial charge in [0.1, 0.15) is 12.1 Å². The summed E-state index contributed by atoms with van der Waals surface area (Å²) < 4.78 is 0. The van der Waals surface area contributed by atoms with Crippen molar-refractivity contribution < 1.29 is 39.3 Å². The Bertz CT molecular complexity index is 688. The van der Waals surface area contributed by atoms with Gasteiger partial charge in [0.05, 0.1) is 11.2 Å². The molecule has 1 fully saturated rings. The van der Waals surface area contributed by atoms with E-state index in [1.807, 2.05) is 0 Å². The molecule has 0 radical (unpaired) electrons. The molecule has 1 aliphatic heterocycles. The summed E-state index contributed by atoms with van der Waals surface area (Å²) in [4.78, 5) is 60.3. The molecule has 6 atom stereocenters. The van der Waals surface area contributed by atoms with Crippen LogP contribution in [0, 0.1) is 11.8 Å². The number of nitrogens with one attached hydrogen (secondary N) is 1. The Balaban J connectivity index is 2.99. The summed E-state index contributed by atoms with van der Waals surface area (Å²) in [6.45, 7) is 3.42. The van der Waals surface area contributed by atoms with Crippen molar-refractivity contribution >= 4 is 42.4 Å². The van der Waals surface area contributed by atoms with E-state index in [-0.39, 0.29) is 31.7 Å². The second-order valence-electron chi connectivity index (χ2n) is 7.46. The lowest BCUT2D eigenvalue weighted by molar-refractivity contribution is -0.156. The maximum absolute atomic E-state index is 13.1. The van der Waals surface area contributed by atoms with E-state index in [0.29, 0.717) is 6.42 Å². The first-order valence-electron chi connectivity index (χ1n) is 9.64. The number of rotatable bonds is 11. The number of likely N-dealkylation sites (tertiary alicyclic amines) is 1. The zero-order chi connectivity index (χ0) is 23.2. The summed E-state index contributed by atoms with van der Waals surface area (Å²) >= 11 is 4.14. The molecule has 0 aromatic rings. The molecule has 12 heteroatoms. The number of carboxylic acid groups (broad SMARTS) is 3. The highest BCUT2D eigenvalue weighted by Crippen LogP contribution is 2.27. The molecular formula is C18H29N3O8S. The van der Waals surface area contributed by atoms with Crippen molar-refractivity contribution in [1.29, 1.82) is 0 Å². The predicted octanol–water partition coefficient (Wildman–Crippen LogP) is -0.606. The molecule has 0 bridgehead atoms. The van der Waals surface area contributed by atoms with Gasteiger partial charge in [-0.1, -0.05) is 20.3 Å². The summed E-state index contributed by atoms with van der Waals surface area (Å²) in [6.07, 6.45) is 0.234. The van der Waals surface area contributed by atoms with Gasteiger partial charge in [0.15, 0.2) is 0 Å². The molecule has 11 nitrogen and oxygen atoms in total. The van der Waals surface area contributed by atoms with E-state index in [1.165, 1.54) is 0 Å². The highest BCUT2D eigenvalue weighted by atomic mass is 32.1. The first-order valence-corrected chi connectivity index (χ1v) is 10.2. The van der Waals surface area contributed by atoms with E-state index in [2.05, 4.69) is 17.9 Å². The average Bonchev–Trinajstić information content (AvgIpc) is 3.14. The Morgan fingerprint density at radius 2 is 1.77 bits per heavy atom. The van der Waals surface area contributed by atoms with Crippen molar-refractivity contribution in [2.75, 3.05) is 6.54 Å². The normalized spacial score (nSPS) is 22.6. The lowest BCUT2D eigenvalue weighted by Gasteiger charge is -2.32. The smallest absolute Gasteiger partial charge is 0.327 e. The molecule has 6 N–H and O–H groups in total. The Kier molecular flexibility index (Phi) is 9.56. The Morgan fingerprint density at radius 1 is 1.17 bits per heavy atom. The fraction of sp³-hybridized carbons (Fsp3) is 0.722. The number of aliphatic carboxylic acids is 3. The van der Waals surface area contributed by atoms with Crippen LogP contribution in [0.25, 0.3) is 0 Å². The summed E-state index contributed by atoms with van der Waals surface area (Å²) in [7, 11) is 0. The van der Waals surface area contributed by atoms with Crippen LogP contribution >= 0.6 is 12.6 Å². The number of carbonyl (C=O) groups is 5. The number of hydrogen-bond donors (Lipinski definition) is 6. The number of carboxylic acids is 3. The molecule has 30 heavy (non-hydrogen) atoms. The molecule has 0 spiro atoms. The lowest BCUT2D eigenvalue weighted by atomic mass is 9.96. The van der Waals surface area contributed by atoms with Crippen LogP contribution in [0.15, 0.2) is 0 Å². The average molecular weight is 448 g/mol. The quantitative estimate of drug-likeness (QED) is 0.225. The SMILES string of the molecule is CCC(C)C(NC(=O)C(S)C(N)CCC(=O)O)C(=O)N1CCC(C(=O)O)C1C(=O)O. The zero-order valence-corrected chi connectivity index (χ0v) is 17.7. The number of amides is 2. The minimum atomic E-state index is -1.52. The van der Waals surface area contributed by atoms with E-state index in [0.717, 1.165) is 4.90 Å². The van der Waals surface area contributed by atoms with Crippen LogP contribution in [0.3, 0.4) is 0 Å². The van der Waals surface area contributed by atoms with Gasteiger partial charge in [-0.3, -0.25) is 19.2 Å². The summed E-state index contributed by atoms with van der Waals surface area (Å²) in [5.41, 5.74) is 5.82. The Morgan fingerprint density at radius 3 is 2.23 bits per heavy atom. The Hall–Kier alpha value is -2.34. The third-order valence-electron chi connectivity index (χ3n) is 5.39. The van der Waals surface area contributed by atoms with Crippen molar-refractivity contribution in [2.45, 2.75) is 62.9 Å². The monoisotopic (exact) mass is 447 g/mol. The van der Waals surface area contributed by atoms with Crippen molar-refractivity contribution in [1.82, 2.24) is 10.2 Å². The van der Waals surface area contributed by atoms with Gasteiger partial charge in [-0.2, -0.15) is 12.6 Å². The van der Waals surface area contributed by atoms with Gasteiger partial charge < -0.3 is 31.3 Å². The van der Waals surface area contributed by atoms with Crippen LogP contribution in [0.2, 0.25) is 0 Å². The maximum atomic E-state index is 13.1. The number of nitrogens with zero attached hydrogens (tertiary/aromatic N) is 1. The molecule has 1 heterocycles. The summed E-state index contributed by atoms with van der Waals surface area (Å²) in [6, 6.07) is -3.49. The van der Waals surface area contributed by atoms with Gasteiger partial charge in [0.2, 0.25) is 11.8 Å². The van der Waals surface area contributed by atoms with E-state index >= 15 is 0 Å². The third-order valence-corrected chi connectivity index (χ3v) is 6.01. The molecule has 1 rings (SSSR count). The van der Waals surface area contributed by atoms with Crippen LogP contribution in [0.1, 0.15) is 39.5 Å². The number of carbonyl (C=O) groups excluding carboxylic acids is 2. The second kappa shape index (κ2) is 11.2. The number of thiol groups is 1. The molecular weight excluding hydrogens is 418 g/mol. The van der Waals surface area contributed by atoms with Crippen molar-refractivity contribution in [2.24, 2.45) is 17.6 Å². The molecule has 6 unspecified atom stereocenters. The fourth-order valence-electron chi connectivity index (χ4n) is 3.35. The molecule has 170 valence electrons. The van der Waals surface area contributed by atoms with Crippen LogP contribution in [-0.2, 0) is 24.0 Å². The van der Waals surface area contributed by atoms with E-state index < -0.39 is 59.0 Å². The maximum Gasteiger partial charge on any atom is 0.327 e. The molecule has 1 saturated heterocycles. The first kappa shape index (κ1) is 25.7. The van der Waals surface area contributed by atoms with Crippen LogP contribution < -0.4 is 11.1 Å². The minimum absolute atomic E-state index is 0.00549. The topological polar surface area (TPSA) is 187 Å². The van der Waals surface area contributed by atoms with Crippen LogP contribution in [0.4, 0.5) is 0 Å². The standard InChI is InChI=1S/C18H29N3O8S/c1-3-8(2)12(20-15(24)14(30)10(19)4-5-11(22)23)16(25)21-7-6-9(17(26)27)13(21)18(28)29/h8-10,12-14,30H,3-7,19H2,1-2H3,(H,20,24)(H,22,23)(H,26,27)(H,28,29). The fourth-order valence-corrected chi connectivity index (χ4v) is 3.57. The van der Waals surface area contributed by atoms with E-state index in [4.69, 9.17) is 10.8 Å². The molecule has 0 aromatic heterocycles. The molecule has 0 aromatic carbocycles. The van der Waals surface area contributed by atoms with Gasteiger partial charge in [-0.15, -0.1) is 0 Å².